The van der Waals surface area contributed by atoms with Gasteiger partial charge in [0.25, 0.3) is 0 Å². The molecule has 0 bridgehead atoms. The molecule has 0 radical (unpaired) electrons. The molecule has 2 aromatic rings. The third-order valence-electron chi connectivity index (χ3n) is 3.40. The van der Waals surface area contributed by atoms with Gasteiger partial charge in [-0.25, -0.2) is 0 Å². The van der Waals surface area contributed by atoms with E-state index in [-0.39, 0.29) is 0 Å². The van der Waals surface area contributed by atoms with Crippen LogP contribution in [-0.4, -0.2) is 5.11 Å². The van der Waals surface area contributed by atoms with Gasteiger partial charge in [0.05, 0.1) is 0 Å². The Morgan fingerprint density at radius 3 is 2.00 bits per heavy atom. The Bertz CT molecular complexity index is 597. The van der Waals surface area contributed by atoms with Crippen molar-refractivity contribution in [1.82, 2.24) is 0 Å². The summed E-state index contributed by atoms with van der Waals surface area (Å²) in [7, 11) is 0. The van der Waals surface area contributed by atoms with E-state index in [9.17, 15) is 5.11 Å². The van der Waals surface area contributed by atoms with Crippen LogP contribution in [0.15, 0.2) is 30.3 Å². The first-order chi connectivity index (χ1) is 8.88. The van der Waals surface area contributed by atoms with Crippen molar-refractivity contribution in [2.45, 2.75) is 33.8 Å². The van der Waals surface area contributed by atoms with Crippen molar-refractivity contribution in [3.8, 4) is 0 Å². The fraction of sp³-hybridized carbons (Fsp3) is 0.294. The molecule has 2 heteroatoms. The lowest BCUT2D eigenvalue weighted by molar-refractivity contribution is 0.219. The molecule has 0 aliphatic carbocycles. The molecule has 1 atom stereocenters. The standard InChI is InChI=1S/C17H19ClO/c1-10-5-11(2)7-14(6-10)17(19)15-8-13(4)16(18)9-12(15)3/h5-9,17,19H,1-4H3. The number of hydrogen-bond donors (Lipinski definition) is 1. The maximum absolute atomic E-state index is 10.6. The normalized spacial score (nSPS) is 12.5. The van der Waals surface area contributed by atoms with Crippen LogP contribution in [0.5, 0.6) is 0 Å². The van der Waals surface area contributed by atoms with Gasteiger partial charge in [0, 0.05) is 5.02 Å². The van der Waals surface area contributed by atoms with E-state index < -0.39 is 6.10 Å². The van der Waals surface area contributed by atoms with Crippen LogP contribution in [0.2, 0.25) is 5.02 Å². The van der Waals surface area contributed by atoms with Crippen LogP contribution in [0.1, 0.15) is 39.5 Å². The maximum Gasteiger partial charge on any atom is 0.104 e. The van der Waals surface area contributed by atoms with E-state index in [2.05, 4.69) is 6.07 Å². The Labute approximate surface area is 119 Å². The Kier molecular flexibility index (Phi) is 3.98. The highest BCUT2D eigenvalue weighted by molar-refractivity contribution is 6.31. The Morgan fingerprint density at radius 1 is 0.842 bits per heavy atom. The first-order valence-electron chi connectivity index (χ1n) is 6.41. The lowest BCUT2D eigenvalue weighted by Crippen LogP contribution is -2.03. The molecule has 2 rings (SSSR count). The summed E-state index contributed by atoms with van der Waals surface area (Å²) in [4.78, 5) is 0. The predicted octanol–water partition coefficient (Wildman–Crippen LogP) is 4.66. The zero-order chi connectivity index (χ0) is 14.2. The summed E-state index contributed by atoms with van der Waals surface area (Å²) >= 11 is 6.11. The molecule has 0 saturated carbocycles. The number of benzene rings is 2. The third kappa shape index (κ3) is 2.99. The molecule has 0 fully saturated rings. The van der Waals surface area contributed by atoms with Crippen LogP contribution in [-0.2, 0) is 0 Å². The largest absolute Gasteiger partial charge is 0.384 e. The zero-order valence-corrected chi connectivity index (χ0v) is 12.5. The number of aliphatic hydroxyl groups excluding tert-OH is 1. The van der Waals surface area contributed by atoms with Crippen molar-refractivity contribution < 1.29 is 5.11 Å². The summed E-state index contributed by atoms with van der Waals surface area (Å²) in [6, 6.07) is 10.1. The minimum Gasteiger partial charge on any atom is -0.384 e. The third-order valence-corrected chi connectivity index (χ3v) is 3.81. The average molecular weight is 275 g/mol. The second kappa shape index (κ2) is 5.36. The molecule has 19 heavy (non-hydrogen) atoms. The summed E-state index contributed by atoms with van der Waals surface area (Å²) in [5.41, 5.74) is 6.19. The van der Waals surface area contributed by atoms with Crippen LogP contribution in [0.25, 0.3) is 0 Å². The summed E-state index contributed by atoms with van der Waals surface area (Å²) in [5.74, 6) is 0. The minimum atomic E-state index is -0.602. The minimum absolute atomic E-state index is 0.602. The molecule has 1 unspecified atom stereocenters. The van der Waals surface area contributed by atoms with Crippen LogP contribution in [0.4, 0.5) is 0 Å². The molecular formula is C17H19ClO. The SMILES string of the molecule is Cc1cc(C)cc(C(O)c2cc(C)c(Cl)cc2C)c1. The molecule has 0 spiro atoms. The number of halogens is 1. The Balaban J connectivity index is 2.49. The molecule has 0 heterocycles. The van der Waals surface area contributed by atoms with Gasteiger partial charge in [-0.2, -0.15) is 0 Å². The van der Waals surface area contributed by atoms with Crippen molar-refractivity contribution in [1.29, 1.82) is 0 Å². The smallest absolute Gasteiger partial charge is 0.104 e. The topological polar surface area (TPSA) is 20.2 Å². The van der Waals surface area contributed by atoms with Gasteiger partial charge >= 0.3 is 0 Å². The molecular weight excluding hydrogens is 256 g/mol. The highest BCUT2D eigenvalue weighted by atomic mass is 35.5. The van der Waals surface area contributed by atoms with Gasteiger partial charge in [-0.1, -0.05) is 47.0 Å². The second-order valence-electron chi connectivity index (χ2n) is 5.28. The average Bonchev–Trinajstić information content (AvgIpc) is 2.31. The van der Waals surface area contributed by atoms with E-state index in [0.717, 1.165) is 38.4 Å². The summed E-state index contributed by atoms with van der Waals surface area (Å²) in [6.07, 6.45) is -0.602. The molecule has 0 aliphatic heterocycles. The van der Waals surface area contributed by atoms with Gasteiger partial charge in [-0.3, -0.25) is 0 Å². The fourth-order valence-electron chi connectivity index (χ4n) is 2.45. The molecule has 2 aromatic carbocycles. The Morgan fingerprint density at radius 2 is 1.42 bits per heavy atom. The molecule has 1 N–H and O–H groups in total. The highest BCUT2D eigenvalue weighted by Gasteiger charge is 2.15. The number of rotatable bonds is 2. The van der Waals surface area contributed by atoms with Crippen molar-refractivity contribution in [3.63, 3.8) is 0 Å². The van der Waals surface area contributed by atoms with Gasteiger partial charge in [0.1, 0.15) is 6.10 Å². The van der Waals surface area contributed by atoms with Crippen LogP contribution < -0.4 is 0 Å². The Hall–Kier alpha value is -1.31. The first kappa shape index (κ1) is 14.1. The number of aryl methyl sites for hydroxylation is 4. The van der Waals surface area contributed by atoms with Gasteiger partial charge in [0.2, 0.25) is 0 Å². The highest BCUT2D eigenvalue weighted by Crippen LogP contribution is 2.29. The van der Waals surface area contributed by atoms with Crippen LogP contribution in [0, 0.1) is 27.7 Å². The van der Waals surface area contributed by atoms with Crippen molar-refractivity contribution in [3.05, 3.63) is 68.7 Å². The fourth-order valence-corrected chi connectivity index (χ4v) is 2.66. The van der Waals surface area contributed by atoms with Gasteiger partial charge in [0.15, 0.2) is 0 Å². The molecule has 100 valence electrons. The van der Waals surface area contributed by atoms with Crippen molar-refractivity contribution in [2.24, 2.45) is 0 Å². The van der Waals surface area contributed by atoms with E-state index >= 15 is 0 Å². The van der Waals surface area contributed by atoms with Crippen LogP contribution >= 0.6 is 11.6 Å². The molecule has 0 amide bonds. The lowest BCUT2D eigenvalue weighted by Gasteiger charge is -2.17. The second-order valence-corrected chi connectivity index (χ2v) is 5.69. The molecule has 1 nitrogen and oxygen atoms in total. The van der Waals surface area contributed by atoms with Crippen molar-refractivity contribution >= 4 is 11.6 Å². The quantitative estimate of drug-likeness (QED) is 0.845. The predicted molar refractivity (Wildman–Crippen MR) is 80.9 cm³/mol. The number of aliphatic hydroxyl groups is 1. The molecule has 0 aliphatic rings. The lowest BCUT2D eigenvalue weighted by atomic mass is 9.94. The number of hydrogen-bond acceptors (Lipinski definition) is 1. The molecule has 0 saturated heterocycles. The van der Waals surface area contributed by atoms with E-state index in [1.54, 1.807) is 0 Å². The van der Waals surface area contributed by atoms with Gasteiger partial charge < -0.3 is 5.11 Å². The van der Waals surface area contributed by atoms with E-state index in [1.807, 2.05) is 52.0 Å². The van der Waals surface area contributed by atoms with Gasteiger partial charge in [-0.05, 0) is 56.0 Å². The first-order valence-corrected chi connectivity index (χ1v) is 6.79. The summed E-state index contributed by atoms with van der Waals surface area (Å²) < 4.78 is 0. The monoisotopic (exact) mass is 274 g/mol. The maximum atomic E-state index is 10.6. The van der Waals surface area contributed by atoms with E-state index in [1.165, 1.54) is 0 Å². The van der Waals surface area contributed by atoms with E-state index in [0.29, 0.717) is 0 Å². The van der Waals surface area contributed by atoms with Crippen molar-refractivity contribution in [2.75, 3.05) is 0 Å². The molecule has 0 aromatic heterocycles. The summed E-state index contributed by atoms with van der Waals surface area (Å²) in [5, 5.41) is 11.3. The van der Waals surface area contributed by atoms with Crippen LogP contribution in [0.3, 0.4) is 0 Å². The van der Waals surface area contributed by atoms with Gasteiger partial charge in [-0.15, -0.1) is 0 Å². The summed E-state index contributed by atoms with van der Waals surface area (Å²) in [6.45, 7) is 8.03. The zero-order valence-electron chi connectivity index (χ0n) is 11.8. The van der Waals surface area contributed by atoms with E-state index in [4.69, 9.17) is 11.6 Å².